The number of hydrogen-bond donors (Lipinski definition) is 0. The SMILES string of the molecule is C(=CC[N+]12CN3CN(CN(C3)C1)C2)C[N+]12CN3CN(CN(C3)C1)C2. The molecular weight excluding hydrogens is 304 g/mol. The van der Waals surface area contributed by atoms with Gasteiger partial charge in [0.1, 0.15) is 53.1 Å². The smallest absolute Gasteiger partial charge is 0.139 e. The van der Waals surface area contributed by atoms with Gasteiger partial charge in [-0.05, 0) is 12.2 Å². The molecule has 0 aromatic heterocycles. The molecule has 0 amide bonds. The van der Waals surface area contributed by atoms with Gasteiger partial charge >= 0.3 is 0 Å². The summed E-state index contributed by atoms with van der Waals surface area (Å²) in [4.78, 5) is 15.6. The fourth-order valence-electron chi connectivity index (χ4n) is 6.26. The lowest BCUT2D eigenvalue weighted by molar-refractivity contribution is -0.977. The van der Waals surface area contributed by atoms with Gasteiger partial charge in [-0.2, -0.15) is 0 Å². The first-order valence-corrected chi connectivity index (χ1v) is 9.37. The summed E-state index contributed by atoms with van der Waals surface area (Å²) >= 11 is 0. The highest BCUT2D eigenvalue weighted by Crippen LogP contribution is 2.30. The van der Waals surface area contributed by atoms with Gasteiger partial charge < -0.3 is 0 Å². The second kappa shape index (κ2) is 4.99. The molecular formula is C16H30N8+2. The van der Waals surface area contributed by atoms with E-state index in [2.05, 4.69) is 41.6 Å². The summed E-state index contributed by atoms with van der Waals surface area (Å²) in [6, 6.07) is 0. The molecule has 0 spiro atoms. The average Bonchev–Trinajstić information content (AvgIpc) is 2.49. The Kier molecular flexibility index (Phi) is 3.03. The first kappa shape index (κ1) is 14.6. The molecule has 24 heavy (non-hydrogen) atoms. The van der Waals surface area contributed by atoms with Crippen LogP contribution in [-0.4, -0.2) is 131 Å². The standard InChI is InChI=1S/C16H30N8/c1(3-23-11-17-5-18(12-23)7-19(6-17)13-23)2-4-24-14-20-8-21(15-24)10-22(9-20)16-24/h1-2H,3-16H2/q+2. The second-order valence-electron chi connectivity index (χ2n) is 9.24. The number of hydrogen-bond acceptors (Lipinski definition) is 6. The zero-order chi connectivity index (χ0) is 15.8. The van der Waals surface area contributed by atoms with Crippen LogP contribution in [0, 0.1) is 0 Å². The van der Waals surface area contributed by atoms with E-state index >= 15 is 0 Å². The van der Waals surface area contributed by atoms with Gasteiger partial charge in [-0.1, -0.05) is 0 Å². The lowest BCUT2D eigenvalue weighted by atomic mass is 10.2. The highest BCUT2D eigenvalue weighted by atomic mass is 15.7. The molecule has 8 fully saturated rings. The number of quaternary nitrogens is 2. The highest BCUT2D eigenvalue weighted by Gasteiger charge is 2.49. The van der Waals surface area contributed by atoms with Crippen LogP contribution in [0.4, 0.5) is 0 Å². The van der Waals surface area contributed by atoms with Gasteiger partial charge in [-0.3, -0.25) is 8.97 Å². The van der Waals surface area contributed by atoms with E-state index in [9.17, 15) is 0 Å². The van der Waals surface area contributed by atoms with E-state index in [4.69, 9.17) is 0 Å². The van der Waals surface area contributed by atoms with Crippen molar-refractivity contribution in [2.45, 2.75) is 0 Å². The van der Waals surface area contributed by atoms with Crippen molar-refractivity contribution >= 4 is 0 Å². The minimum absolute atomic E-state index is 1.18. The predicted molar refractivity (Wildman–Crippen MR) is 88.8 cm³/mol. The Morgan fingerprint density at radius 2 is 0.708 bits per heavy atom. The first-order chi connectivity index (χ1) is 11.7. The van der Waals surface area contributed by atoms with Crippen molar-refractivity contribution in [3.8, 4) is 0 Å². The van der Waals surface area contributed by atoms with Crippen molar-refractivity contribution in [2.75, 3.05) is 93.1 Å². The summed E-state index contributed by atoms with van der Waals surface area (Å²) in [6.45, 7) is 16.9. The molecule has 0 atom stereocenters. The predicted octanol–water partition coefficient (Wildman–Crippen LogP) is -1.44. The van der Waals surface area contributed by atoms with Gasteiger partial charge in [-0.15, -0.1) is 0 Å². The molecule has 0 saturated carbocycles. The van der Waals surface area contributed by atoms with Gasteiger partial charge in [0.2, 0.25) is 0 Å². The summed E-state index contributed by atoms with van der Waals surface area (Å²) in [5.74, 6) is 0. The molecule has 132 valence electrons. The summed E-state index contributed by atoms with van der Waals surface area (Å²) in [5, 5.41) is 0. The zero-order valence-corrected chi connectivity index (χ0v) is 14.6. The molecule has 8 bridgehead atoms. The molecule has 8 heteroatoms. The van der Waals surface area contributed by atoms with Crippen molar-refractivity contribution < 1.29 is 8.97 Å². The molecule has 0 aromatic carbocycles. The van der Waals surface area contributed by atoms with Crippen LogP contribution in [0.25, 0.3) is 0 Å². The van der Waals surface area contributed by atoms with E-state index in [1.165, 1.54) is 102 Å². The van der Waals surface area contributed by atoms with E-state index in [1.54, 1.807) is 0 Å². The molecule has 0 radical (unpaired) electrons. The Hall–Kier alpha value is -0.580. The van der Waals surface area contributed by atoms with Crippen molar-refractivity contribution in [2.24, 2.45) is 0 Å². The zero-order valence-electron chi connectivity index (χ0n) is 14.6. The minimum Gasteiger partial charge on any atom is -0.283 e. The Morgan fingerprint density at radius 3 is 0.958 bits per heavy atom. The molecule has 0 N–H and O–H groups in total. The Morgan fingerprint density at radius 1 is 0.458 bits per heavy atom. The van der Waals surface area contributed by atoms with E-state index in [1.807, 2.05) is 0 Å². The minimum atomic E-state index is 1.18. The lowest BCUT2D eigenvalue weighted by Crippen LogP contribution is -2.79. The van der Waals surface area contributed by atoms with Crippen molar-refractivity contribution in [1.82, 2.24) is 29.4 Å². The number of rotatable bonds is 4. The maximum Gasteiger partial charge on any atom is 0.139 e. The maximum absolute atomic E-state index is 2.60. The van der Waals surface area contributed by atoms with Crippen LogP contribution in [0.5, 0.6) is 0 Å². The molecule has 8 nitrogen and oxygen atoms in total. The van der Waals surface area contributed by atoms with Crippen LogP contribution in [0.3, 0.4) is 0 Å². The van der Waals surface area contributed by atoms with Crippen LogP contribution in [0.2, 0.25) is 0 Å². The summed E-state index contributed by atoms with van der Waals surface area (Å²) in [7, 11) is 0. The van der Waals surface area contributed by atoms with E-state index < -0.39 is 0 Å². The third-order valence-corrected chi connectivity index (χ3v) is 6.55. The van der Waals surface area contributed by atoms with Crippen LogP contribution < -0.4 is 0 Å². The molecule has 0 aromatic rings. The van der Waals surface area contributed by atoms with E-state index in [0.29, 0.717) is 0 Å². The molecule has 8 aliphatic rings. The lowest BCUT2D eigenvalue weighted by Gasteiger charge is -2.61. The summed E-state index contributed by atoms with van der Waals surface area (Å²) < 4.78 is 2.45. The Labute approximate surface area is 144 Å². The molecule has 8 saturated heterocycles. The van der Waals surface area contributed by atoms with Crippen LogP contribution in [0.1, 0.15) is 0 Å². The normalized spacial score (nSPS) is 57.3. The van der Waals surface area contributed by atoms with Crippen molar-refractivity contribution in [3.05, 3.63) is 12.2 Å². The Bertz CT molecular complexity index is 442. The fourth-order valence-corrected chi connectivity index (χ4v) is 6.26. The van der Waals surface area contributed by atoms with Crippen molar-refractivity contribution in [3.63, 3.8) is 0 Å². The van der Waals surface area contributed by atoms with Crippen molar-refractivity contribution in [1.29, 1.82) is 0 Å². The fraction of sp³-hybridized carbons (Fsp3) is 0.875. The van der Waals surface area contributed by atoms with Crippen LogP contribution in [-0.2, 0) is 0 Å². The van der Waals surface area contributed by atoms with Gasteiger partial charge in [0.05, 0.1) is 40.0 Å². The molecule has 8 heterocycles. The molecule has 0 aliphatic carbocycles. The van der Waals surface area contributed by atoms with Gasteiger partial charge in [-0.25, -0.2) is 29.4 Å². The average molecular weight is 334 g/mol. The summed E-state index contributed by atoms with van der Waals surface area (Å²) in [6.07, 6.45) is 4.99. The van der Waals surface area contributed by atoms with Gasteiger partial charge in [0, 0.05) is 0 Å². The van der Waals surface area contributed by atoms with E-state index in [-0.39, 0.29) is 0 Å². The quantitative estimate of drug-likeness (QED) is 0.460. The maximum atomic E-state index is 2.60. The van der Waals surface area contributed by atoms with Crippen LogP contribution >= 0.6 is 0 Å². The third-order valence-electron chi connectivity index (χ3n) is 6.55. The molecule has 0 unspecified atom stereocenters. The molecule has 8 aliphatic heterocycles. The Balaban J connectivity index is 1.11. The number of nitrogens with zero attached hydrogens (tertiary/aromatic N) is 8. The van der Waals surface area contributed by atoms with Gasteiger partial charge in [0.15, 0.2) is 0 Å². The topological polar surface area (TPSA) is 19.4 Å². The monoisotopic (exact) mass is 334 g/mol. The highest BCUT2D eigenvalue weighted by molar-refractivity contribution is 4.86. The third kappa shape index (κ3) is 2.29. The summed E-state index contributed by atoms with van der Waals surface area (Å²) in [5.41, 5.74) is 0. The van der Waals surface area contributed by atoms with Crippen LogP contribution in [0.15, 0.2) is 12.2 Å². The van der Waals surface area contributed by atoms with E-state index in [0.717, 1.165) is 0 Å². The second-order valence-corrected chi connectivity index (χ2v) is 9.24. The first-order valence-electron chi connectivity index (χ1n) is 9.37. The van der Waals surface area contributed by atoms with Gasteiger partial charge in [0.25, 0.3) is 0 Å². The largest absolute Gasteiger partial charge is 0.283 e. The molecule has 8 rings (SSSR count).